The van der Waals surface area contributed by atoms with Crippen molar-refractivity contribution < 1.29 is 14.3 Å². The third-order valence-electron chi connectivity index (χ3n) is 3.20. The summed E-state index contributed by atoms with van der Waals surface area (Å²) in [6.07, 6.45) is 0. The summed E-state index contributed by atoms with van der Waals surface area (Å²) < 4.78 is 10.2. The van der Waals surface area contributed by atoms with Crippen molar-refractivity contribution >= 4 is 6.03 Å². The van der Waals surface area contributed by atoms with Crippen LogP contribution in [0.2, 0.25) is 0 Å². The maximum atomic E-state index is 11.8. The van der Waals surface area contributed by atoms with E-state index in [2.05, 4.69) is 10.6 Å². The Bertz CT molecular complexity index is 612. The molecule has 0 aliphatic heterocycles. The molecule has 22 heavy (non-hydrogen) atoms. The van der Waals surface area contributed by atoms with Gasteiger partial charge in [-0.1, -0.05) is 24.3 Å². The number of amides is 2. The van der Waals surface area contributed by atoms with Crippen LogP contribution in [0, 0.1) is 0 Å². The van der Waals surface area contributed by atoms with Crippen LogP contribution in [0.4, 0.5) is 4.79 Å². The number of carbonyl (C=O) groups is 1. The van der Waals surface area contributed by atoms with Gasteiger partial charge in [-0.15, -0.1) is 0 Å². The van der Waals surface area contributed by atoms with Crippen molar-refractivity contribution in [3.63, 3.8) is 0 Å². The Morgan fingerprint density at radius 1 is 0.864 bits per heavy atom. The highest BCUT2D eigenvalue weighted by Crippen LogP contribution is 2.12. The molecule has 0 aliphatic rings. The molecule has 2 aromatic carbocycles. The Labute approximate surface area is 130 Å². The summed E-state index contributed by atoms with van der Waals surface area (Å²) in [6.45, 7) is 0.916. The molecule has 0 bridgehead atoms. The molecule has 2 rings (SSSR count). The molecule has 0 aliphatic carbocycles. The van der Waals surface area contributed by atoms with Crippen LogP contribution < -0.4 is 20.1 Å². The number of hydrogen-bond acceptors (Lipinski definition) is 3. The number of rotatable bonds is 6. The van der Waals surface area contributed by atoms with Crippen LogP contribution in [0.25, 0.3) is 0 Å². The zero-order valence-corrected chi connectivity index (χ0v) is 12.8. The topological polar surface area (TPSA) is 59.6 Å². The Kier molecular flexibility index (Phi) is 5.65. The summed E-state index contributed by atoms with van der Waals surface area (Å²) in [7, 11) is 3.24. The van der Waals surface area contributed by atoms with Crippen LogP contribution in [-0.2, 0) is 13.1 Å². The summed E-state index contributed by atoms with van der Waals surface area (Å²) in [5, 5.41) is 5.63. The zero-order valence-electron chi connectivity index (χ0n) is 12.8. The number of benzene rings is 2. The molecule has 2 aromatic rings. The van der Waals surface area contributed by atoms with Crippen molar-refractivity contribution in [2.45, 2.75) is 13.1 Å². The van der Waals surface area contributed by atoms with Gasteiger partial charge in [-0.2, -0.15) is 0 Å². The van der Waals surface area contributed by atoms with Crippen molar-refractivity contribution in [2.24, 2.45) is 0 Å². The Morgan fingerprint density at radius 3 is 2.14 bits per heavy atom. The summed E-state index contributed by atoms with van der Waals surface area (Å²) in [4.78, 5) is 11.8. The van der Waals surface area contributed by atoms with Gasteiger partial charge in [0.05, 0.1) is 14.2 Å². The number of ether oxygens (including phenoxy) is 2. The summed E-state index contributed by atoms with van der Waals surface area (Å²) in [6, 6.07) is 15.0. The highest BCUT2D eigenvalue weighted by molar-refractivity contribution is 5.73. The van der Waals surface area contributed by atoms with E-state index in [-0.39, 0.29) is 6.03 Å². The molecule has 116 valence electrons. The van der Waals surface area contributed by atoms with E-state index in [1.807, 2.05) is 48.5 Å². The van der Waals surface area contributed by atoms with E-state index in [0.29, 0.717) is 13.1 Å². The maximum absolute atomic E-state index is 11.8. The van der Waals surface area contributed by atoms with E-state index < -0.39 is 0 Å². The molecule has 5 heteroatoms. The molecule has 0 radical (unpaired) electrons. The average molecular weight is 300 g/mol. The predicted molar refractivity (Wildman–Crippen MR) is 85.1 cm³/mol. The Morgan fingerprint density at radius 2 is 1.50 bits per heavy atom. The lowest BCUT2D eigenvalue weighted by atomic mass is 10.2. The highest BCUT2D eigenvalue weighted by Gasteiger charge is 2.02. The lowest BCUT2D eigenvalue weighted by molar-refractivity contribution is 0.240. The molecule has 2 amide bonds. The summed E-state index contributed by atoms with van der Waals surface area (Å²) in [5.74, 6) is 1.57. The molecule has 0 aromatic heterocycles. The van der Waals surface area contributed by atoms with Crippen LogP contribution in [0.1, 0.15) is 11.1 Å². The monoisotopic (exact) mass is 300 g/mol. The molecule has 0 heterocycles. The fourth-order valence-corrected chi connectivity index (χ4v) is 1.95. The molecular formula is C17H20N2O3. The summed E-state index contributed by atoms with van der Waals surface area (Å²) in [5.41, 5.74) is 2.00. The molecule has 0 saturated carbocycles. The minimum absolute atomic E-state index is 0.210. The van der Waals surface area contributed by atoms with Gasteiger partial charge in [-0.05, 0) is 35.4 Å². The third-order valence-corrected chi connectivity index (χ3v) is 3.20. The second kappa shape index (κ2) is 7.93. The van der Waals surface area contributed by atoms with Crippen molar-refractivity contribution in [1.29, 1.82) is 0 Å². The van der Waals surface area contributed by atoms with Crippen molar-refractivity contribution in [3.05, 3.63) is 59.7 Å². The van der Waals surface area contributed by atoms with Gasteiger partial charge >= 0.3 is 6.03 Å². The number of methoxy groups -OCH3 is 2. The van der Waals surface area contributed by atoms with Gasteiger partial charge in [0.25, 0.3) is 0 Å². The number of hydrogen-bond donors (Lipinski definition) is 2. The third kappa shape index (κ3) is 4.70. The molecule has 2 N–H and O–H groups in total. The SMILES string of the molecule is COc1ccc(CNC(=O)NCc2cccc(OC)c2)cc1. The van der Waals surface area contributed by atoms with Gasteiger partial charge in [0.1, 0.15) is 11.5 Å². The van der Waals surface area contributed by atoms with Gasteiger partial charge in [-0.3, -0.25) is 0 Å². The maximum Gasteiger partial charge on any atom is 0.315 e. The summed E-state index contributed by atoms with van der Waals surface area (Å²) >= 11 is 0. The van der Waals surface area contributed by atoms with Gasteiger partial charge in [0, 0.05) is 13.1 Å². The van der Waals surface area contributed by atoms with Gasteiger partial charge in [0.15, 0.2) is 0 Å². The van der Waals surface area contributed by atoms with E-state index in [0.717, 1.165) is 22.6 Å². The Hall–Kier alpha value is -2.69. The first-order valence-electron chi connectivity index (χ1n) is 6.99. The first-order chi connectivity index (χ1) is 10.7. The normalized spacial score (nSPS) is 9.91. The molecule has 0 atom stereocenters. The first kappa shape index (κ1) is 15.7. The number of nitrogens with one attached hydrogen (secondary N) is 2. The van der Waals surface area contributed by atoms with Crippen LogP contribution >= 0.6 is 0 Å². The number of urea groups is 1. The first-order valence-corrected chi connectivity index (χ1v) is 6.99. The molecule has 5 nitrogen and oxygen atoms in total. The van der Waals surface area contributed by atoms with E-state index >= 15 is 0 Å². The molecule has 0 spiro atoms. The average Bonchev–Trinajstić information content (AvgIpc) is 2.58. The van der Waals surface area contributed by atoms with Gasteiger partial charge in [0.2, 0.25) is 0 Å². The minimum Gasteiger partial charge on any atom is -0.497 e. The fourth-order valence-electron chi connectivity index (χ4n) is 1.95. The second-order valence-electron chi connectivity index (χ2n) is 4.74. The lowest BCUT2D eigenvalue weighted by Gasteiger charge is -2.09. The van der Waals surface area contributed by atoms with E-state index in [4.69, 9.17) is 9.47 Å². The van der Waals surface area contributed by atoms with Crippen molar-refractivity contribution in [3.8, 4) is 11.5 Å². The van der Waals surface area contributed by atoms with Crippen molar-refractivity contribution in [1.82, 2.24) is 10.6 Å². The van der Waals surface area contributed by atoms with Gasteiger partial charge in [-0.25, -0.2) is 4.79 Å². The van der Waals surface area contributed by atoms with Crippen LogP contribution in [-0.4, -0.2) is 20.3 Å². The smallest absolute Gasteiger partial charge is 0.315 e. The standard InChI is InChI=1S/C17H20N2O3/c1-21-15-8-6-13(7-9-15)11-18-17(20)19-12-14-4-3-5-16(10-14)22-2/h3-10H,11-12H2,1-2H3,(H2,18,19,20). The van der Waals surface area contributed by atoms with E-state index in [1.165, 1.54) is 0 Å². The fraction of sp³-hybridized carbons (Fsp3) is 0.235. The van der Waals surface area contributed by atoms with Crippen LogP contribution in [0.15, 0.2) is 48.5 Å². The molecule has 0 saturated heterocycles. The molecule has 0 unspecified atom stereocenters. The van der Waals surface area contributed by atoms with Gasteiger partial charge < -0.3 is 20.1 Å². The quantitative estimate of drug-likeness (QED) is 0.862. The second-order valence-corrected chi connectivity index (χ2v) is 4.74. The van der Waals surface area contributed by atoms with Crippen LogP contribution in [0.3, 0.4) is 0 Å². The molecule has 0 fully saturated rings. The van der Waals surface area contributed by atoms with Crippen molar-refractivity contribution in [2.75, 3.05) is 14.2 Å². The largest absolute Gasteiger partial charge is 0.497 e. The van der Waals surface area contributed by atoms with E-state index in [9.17, 15) is 4.79 Å². The predicted octanol–water partition coefficient (Wildman–Crippen LogP) is 2.70. The highest BCUT2D eigenvalue weighted by atomic mass is 16.5. The number of carbonyl (C=O) groups excluding carboxylic acids is 1. The van der Waals surface area contributed by atoms with Crippen LogP contribution in [0.5, 0.6) is 11.5 Å². The minimum atomic E-state index is -0.210. The lowest BCUT2D eigenvalue weighted by Crippen LogP contribution is -2.34. The molecular weight excluding hydrogens is 280 g/mol. The Balaban J connectivity index is 1.77. The zero-order chi connectivity index (χ0) is 15.8. The van der Waals surface area contributed by atoms with E-state index in [1.54, 1.807) is 14.2 Å².